The van der Waals surface area contributed by atoms with Crippen LogP contribution in [0.4, 0.5) is 0 Å². The van der Waals surface area contributed by atoms with Crippen LogP contribution in [0.15, 0.2) is 109 Å². The van der Waals surface area contributed by atoms with Gasteiger partial charge in [0.15, 0.2) is 0 Å². The molecule has 0 amide bonds. The van der Waals surface area contributed by atoms with Gasteiger partial charge in [-0.2, -0.15) is 24.3 Å². The van der Waals surface area contributed by atoms with Gasteiger partial charge in [-0.05, 0) is 11.1 Å². The second-order valence-electron chi connectivity index (χ2n) is 6.06. The zero-order valence-electron chi connectivity index (χ0n) is 14.8. The van der Waals surface area contributed by atoms with E-state index in [2.05, 4.69) is 0 Å². The Hall–Kier alpha value is -2.32. The summed E-state index contributed by atoms with van der Waals surface area (Å²) in [5.41, 5.74) is 3.78. The molecule has 2 atom stereocenters. The monoisotopic (exact) mass is 444 g/mol. The van der Waals surface area contributed by atoms with E-state index in [0.717, 1.165) is 22.3 Å². The molecule has 0 spiro atoms. The van der Waals surface area contributed by atoms with Crippen LogP contribution in [-0.4, -0.2) is 10.2 Å². The standard InChI is InChI=1S/2C12H11O.Ru/c2*13-12(11-8-4-5-9-11)10-6-2-1-3-7-10;/h2*1-9,12-13H;/q2*-1;. The summed E-state index contributed by atoms with van der Waals surface area (Å²) in [6.07, 6.45) is -0.979. The van der Waals surface area contributed by atoms with E-state index < -0.39 is 12.2 Å². The Bertz CT molecular complexity index is 778. The molecule has 4 aromatic carbocycles. The van der Waals surface area contributed by atoms with E-state index in [1.54, 1.807) is 0 Å². The van der Waals surface area contributed by atoms with E-state index in [0.29, 0.717) is 0 Å². The van der Waals surface area contributed by atoms with Crippen LogP contribution in [0, 0.1) is 0 Å². The van der Waals surface area contributed by atoms with E-state index in [-0.39, 0.29) is 19.5 Å². The summed E-state index contributed by atoms with van der Waals surface area (Å²) in [5, 5.41) is 19.8. The van der Waals surface area contributed by atoms with Crippen molar-refractivity contribution in [3.05, 3.63) is 131 Å². The molecule has 0 aliphatic carbocycles. The molecule has 2 N–H and O–H groups in total. The third-order valence-corrected chi connectivity index (χ3v) is 4.24. The molecule has 0 aliphatic heterocycles. The molecule has 3 heteroatoms. The Labute approximate surface area is 173 Å². The van der Waals surface area contributed by atoms with E-state index in [9.17, 15) is 10.2 Å². The van der Waals surface area contributed by atoms with Crippen molar-refractivity contribution in [3.8, 4) is 0 Å². The quantitative estimate of drug-likeness (QED) is 0.345. The van der Waals surface area contributed by atoms with Gasteiger partial charge >= 0.3 is 0 Å². The summed E-state index contributed by atoms with van der Waals surface area (Å²) in [6, 6.07) is 34.8. The van der Waals surface area contributed by atoms with Crippen LogP contribution in [0.2, 0.25) is 0 Å². The van der Waals surface area contributed by atoms with Crippen molar-refractivity contribution >= 4 is 0 Å². The molecule has 0 radical (unpaired) electrons. The molecule has 0 aliphatic rings. The Morgan fingerprint density at radius 1 is 0.481 bits per heavy atom. The average Bonchev–Trinajstić information content (AvgIpc) is 3.43. The molecule has 0 fully saturated rings. The third-order valence-electron chi connectivity index (χ3n) is 4.24. The minimum atomic E-state index is -0.490. The fraction of sp³-hybridized carbons (Fsp3) is 0.0833. The van der Waals surface area contributed by atoms with Crippen molar-refractivity contribution in [2.45, 2.75) is 12.2 Å². The maximum absolute atomic E-state index is 9.88. The SMILES string of the molecule is OC(c1ccccc1)[c-]1cccc1.OC(c1ccccc1)[c-]1cccc1.[Ru]. The molecule has 2 unspecified atom stereocenters. The first-order valence-electron chi connectivity index (χ1n) is 8.65. The summed E-state index contributed by atoms with van der Waals surface area (Å²) in [5.74, 6) is 0. The van der Waals surface area contributed by atoms with Crippen LogP contribution in [0.1, 0.15) is 34.5 Å². The van der Waals surface area contributed by atoms with E-state index in [1.165, 1.54) is 0 Å². The van der Waals surface area contributed by atoms with Gasteiger partial charge in [0.25, 0.3) is 0 Å². The zero-order valence-corrected chi connectivity index (χ0v) is 16.5. The first-order valence-corrected chi connectivity index (χ1v) is 8.65. The maximum atomic E-state index is 9.88. The molecular weight excluding hydrogens is 421 g/mol. The van der Waals surface area contributed by atoms with Gasteiger partial charge in [-0.15, -0.1) is 11.1 Å². The molecule has 0 saturated carbocycles. The predicted molar refractivity (Wildman–Crippen MR) is 105 cm³/mol. The molecule has 4 aromatic rings. The smallest absolute Gasteiger partial charge is 0.0602 e. The van der Waals surface area contributed by atoms with Gasteiger partial charge in [0, 0.05) is 19.5 Å². The van der Waals surface area contributed by atoms with E-state index in [4.69, 9.17) is 0 Å². The van der Waals surface area contributed by atoms with Crippen LogP contribution < -0.4 is 0 Å². The fourth-order valence-corrected chi connectivity index (χ4v) is 2.80. The Kier molecular flexibility index (Phi) is 8.35. The van der Waals surface area contributed by atoms with Crippen LogP contribution in [0.25, 0.3) is 0 Å². The van der Waals surface area contributed by atoms with Crippen molar-refractivity contribution in [2.75, 3.05) is 0 Å². The van der Waals surface area contributed by atoms with Crippen LogP contribution >= 0.6 is 0 Å². The second kappa shape index (κ2) is 10.7. The third kappa shape index (κ3) is 5.84. The maximum Gasteiger partial charge on any atom is 0.0602 e. The van der Waals surface area contributed by atoms with Gasteiger partial charge in [0.2, 0.25) is 0 Å². The number of hydrogen-bond acceptors (Lipinski definition) is 2. The first-order chi connectivity index (χ1) is 12.8. The summed E-state index contributed by atoms with van der Waals surface area (Å²) in [4.78, 5) is 0. The second-order valence-corrected chi connectivity index (χ2v) is 6.06. The summed E-state index contributed by atoms with van der Waals surface area (Å²) >= 11 is 0. The van der Waals surface area contributed by atoms with E-state index >= 15 is 0 Å². The van der Waals surface area contributed by atoms with Gasteiger partial charge in [0.05, 0.1) is 12.2 Å². The molecule has 27 heavy (non-hydrogen) atoms. The molecule has 2 nitrogen and oxygen atoms in total. The van der Waals surface area contributed by atoms with Crippen molar-refractivity contribution in [2.24, 2.45) is 0 Å². The van der Waals surface area contributed by atoms with E-state index in [1.807, 2.05) is 109 Å². The minimum absolute atomic E-state index is 0. The topological polar surface area (TPSA) is 40.5 Å². The number of aliphatic hydroxyl groups excluding tert-OH is 2. The molecule has 0 heterocycles. The van der Waals surface area contributed by atoms with Gasteiger partial charge < -0.3 is 10.2 Å². The zero-order chi connectivity index (χ0) is 18.2. The summed E-state index contributed by atoms with van der Waals surface area (Å²) in [7, 11) is 0. The molecular formula is C24H22O2Ru-2. The minimum Gasteiger partial charge on any atom is -0.396 e. The van der Waals surface area contributed by atoms with Crippen LogP contribution in [0.5, 0.6) is 0 Å². The average molecular weight is 444 g/mol. The summed E-state index contributed by atoms with van der Waals surface area (Å²) < 4.78 is 0. The molecule has 140 valence electrons. The molecule has 0 bridgehead atoms. The Morgan fingerprint density at radius 3 is 1.07 bits per heavy atom. The predicted octanol–water partition coefficient (Wildman–Crippen LogP) is 4.97. The van der Waals surface area contributed by atoms with Crippen LogP contribution in [-0.2, 0) is 19.5 Å². The molecule has 4 rings (SSSR count). The Morgan fingerprint density at radius 2 is 0.778 bits per heavy atom. The van der Waals surface area contributed by atoms with Crippen molar-refractivity contribution in [3.63, 3.8) is 0 Å². The molecule has 0 saturated heterocycles. The molecule has 0 aromatic heterocycles. The number of hydrogen-bond donors (Lipinski definition) is 2. The summed E-state index contributed by atoms with van der Waals surface area (Å²) in [6.45, 7) is 0. The number of aliphatic hydroxyl groups is 2. The van der Waals surface area contributed by atoms with Gasteiger partial charge in [0.1, 0.15) is 0 Å². The van der Waals surface area contributed by atoms with Gasteiger partial charge in [-0.25, -0.2) is 24.3 Å². The number of rotatable bonds is 4. The van der Waals surface area contributed by atoms with Crippen molar-refractivity contribution in [1.29, 1.82) is 0 Å². The van der Waals surface area contributed by atoms with Gasteiger partial charge in [-0.1, -0.05) is 60.7 Å². The fourth-order valence-electron chi connectivity index (χ4n) is 2.80. The number of benzene rings is 2. The first kappa shape index (κ1) is 21.0. The van der Waals surface area contributed by atoms with Crippen LogP contribution in [0.3, 0.4) is 0 Å². The van der Waals surface area contributed by atoms with Crippen molar-refractivity contribution < 1.29 is 29.7 Å². The van der Waals surface area contributed by atoms with Gasteiger partial charge in [-0.3, -0.25) is 0 Å². The Balaban J connectivity index is 0.000000187. The normalized spacial score (nSPS) is 12.2. The van der Waals surface area contributed by atoms with Crippen molar-refractivity contribution in [1.82, 2.24) is 0 Å². The largest absolute Gasteiger partial charge is 0.396 e.